The third-order valence-corrected chi connectivity index (χ3v) is 5.39. The van der Waals surface area contributed by atoms with E-state index in [9.17, 15) is 14.7 Å². The lowest BCUT2D eigenvalue weighted by Gasteiger charge is -2.27. The number of nitrogens with zero attached hydrogens (tertiary/aromatic N) is 1. The summed E-state index contributed by atoms with van der Waals surface area (Å²) in [4.78, 5) is 27.6. The van der Waals surface area contributed by atoms with Crippen LogP contribution in [0.4, 0.5) is 0 Å². The Hall–Kier alpha value is -3.63. The number of carbonyl (C=O) groups excluding carboxylic acids is 2. The third kappa shape index (κ3) is 4.44. The van der Waals surface area contributed by atoms with Crippen molar-refractivity contribution in [2.45, 2.75) is 12.6 Å². The first kappa shape index (κ1) is 20.6. The fourth-order valence-electron chi connectivity index (χ4n) is 3.70. The molecule has 3 aromatic rings. The van der Waals surface area contributed by atoms with E-state index in [4.69, 9.17) is 11.6 Å². The molecule has 1 amide bonds. The summed E-state index contributed by atoms with van der Waals surface area (Å²) in [5.41, 5.74) is 2.46. The Morgan fingerprint density at radius 3 is 2.32 bits per heavy atom. The summed E-state index contributed by atoms with van der Waals surface area (Å²) in [5.74, 6) is -1.52. The van der Waals surface area contributed by atoms with Crippen molar-refractivity contribution in [3.8, 4) is 0 Å². The number of rotatable bonds is 6. The molecule has 1 atom stereocenters. The molecule has 0 aromatic heterocycles. The van der Waals surface area contributed by atoms with Crippen molar-refractivity contribution >= 4 is 29.4 Å². The first-order valence-corrected chi connectivity index (χ1v) is 10.2. The van der Waals surface area contributed by atoms with Crippen molar-refractivity contribution in [1.82, 2.24) is 4.90 Å². The van der Waals surface area contributed by atoms with Crippen LogP contribution in [0, 0.1) is 0 Å². The molecule has 4 nitrogen and oxygen atoms in total. The van der Waals surface area contributed by atoms with E-state index in [0.717, 1.165) is 11.1 Å². The Morgan fingerprint density at radius 2 is 1.65 bits per heavy atom. The zero-order chi connectivity index (χ0) is 21.8. The molecule has 0 radical (unpaired) electrons. The van der Waals surface area contributed by atoms with Gasteiger partial charge in [0, 0.05) is 11.6 Å². The minimum Gasteiger partial charge on any atom is -0.503 e. The molecule has 154 valence electrons. The molecule has 0 bridgehead atoms. The summed E-state index contributed by atoms with van der Waals surface area (Å²) < 4.78 is 0. The predicted molar refractivity (Wildman–Crippen MR) is 121 cm³/mol. The zero-order valence-electron chi connectivity index (χ0n) is 16.6. The van der Waals surface area contributed by atoms with Gasteiger partial charge in [0.1, 0.15) is 0 Å². The summed E-state index contributed by atoms with van der Waals surface area (Å²) in [5, 5.41) is 11.2. The average molecular weight is 430 g/mol. The highest BCUT2D eigenvalue weighted by atomic mass is 35.5. The van der Waals surface area contributed by atoms with Crippen molar-refractivity contribution in [2.75, 3.05) is 0 Å². The molecular weight excluding hydrogens is 410 g/mol. The molecule has 0 saturated carbocycles. The summed E-state index contributed by atoms with van der Waals surface area (Å²) in [6.07, 6.45) is 3.06. The highest BCUT2D eigenvalue weighted by molar-refractivity contribution is 6.30. The lowest BCUT2D eigenvalue weighted by atomic mass is 9.95. The lowest BCUT2D eigenvalue weighted by molar-refractivity contribution is -0.130. The number of hydrogen-bond acceptors (Lipinski definition) is 3. The summed E-state index contributed by atoms with van der Waals surface area (Å²) >= 11 is 6.19. The van der Waals surface area contributed by atoms with Crippen molar-refractivity contribution in [2.24, 2.45) is 0 Å². The molecule has 0 fully saturated rings. The fraction of sp³-hybridized carbons (Fsp3) is 0.0769. The first-order valence-electron chi connectivity index (χ1n) is 9.85. The van der Waals surface area contributed by atoms with E-state index in [2.05, 4.69) is 0 Å². The van der Waals surface area contributed by atoms with Crippen LogP contribution < -0.4 is 0 Å². The summed E-state index contributed by atoms with van der Waals surface area (Å²) in [6.45, 7) is 0.250. The Kier molecular flexibility index (Phi) is 6.01. The van der Waals surface area contributed by atoms with Crippen LogP contribution in [0.1, 0.15) is 22.7 Å². The molecular formula is C26H20ClNO3. The molecule has 0 spiro atoms. The van der Waals surface area contributed by atoms with Gasteiger partial charge >= 0.3 is 0 Å². The molecule has 1 unspecified atom stereocenters. The van der Waals surface area contributed by atoms with Gasteiger partial charge in [-0.15, -0.1) is 0 Å². The molecule has 0 saturated heterocycles. The Labute approximate surface area is 185 Å². The van der Waals surface area contributed by atoms with Crippen LogP contribution in [-0.4, -0.2) is 21.7 Å². The maximum absolute atomic E-state index is 13.1. The van der Waals surface area contributed by atoms with Crippen LogP contribution in [0.15, 0.2) is 102 Å². The summed E-state index contributed by atoms with van der Waals surface area (Å²) in [6, 6.07) is 25.1. The molecule has 1 N–H and O–H groups in total. The van der Waals surface area contributed by atoms with Crippen LogP contribution in [0.3, 0.4) is 0 Å². The van der Waals surface area contributed by atoms with E-state index >= 15 is 0 Å². The van der Waals surface area contributed by atoms with Gasteiger partial charge in [-0.2, -0.15) is 0 Å². The normalized spacial score (nSPS) is 16.4. The number of benzene rings is 3. The van der Waals surface area contributed by atoms with Crippen molar-refractivity contribution in [1.29, 1.82) is 0 Å². The number of allylic oxidation sites excluding steroid dienone is 1. The highest BCUT2D eigenvalue weighted by Crippen LogP contribution is 2.39. The second-order valence-corrected chi connectivity index (χ2v) is 7.68. The second-order valence-electron chi connectivity index (χ2n) is 7.25. The van der Waals surface area contributed by atoms with Gasteiger partial charge < -0.3 is 10.0 Å². The van der Waals surface area contributed by atoms with Crippen LogP contribution >= 0.6 is 11.6 Å². The van der Waals surface area contributed by atoms with Crippen LogP contribution in [-0.2, 0) is 16.1 Å². The van der Waals surface area contributed by atoms with Crippen molar-refractivity contribution < 1.29 is 14.7 Å². The van der Waals surface area contributed by atoms with Crippen molar-refractivity contribution in [3.05, 3.63) is 124 Å². The standard InChI is InChI=1S/C26H20ClNO3/c27-21-13-7-12-20(16-21)24-23(22(29)15-14-18-8-3-1-4-9-18)25(30)26(31)28(24)17-19-10-5-2-6-11-19/h1-16,24,30H,17H2/b15-14+. The van der Waals surface area contributed by atoms with Crippen LogP contribution in [0.2, 0.25) is 5.02 Å². The van der Waals surface area contributed by atoms with E-state index in [1.807, 2.05) is 60.7 Å². The van der Waals surface area contributed by atoms with Gasteiger partial charge in [-0.25, -0.2) is 0 Å². The second kappa shape index (κ2) is 9.02. The number of aliphatic hydroxyl groups excluding tert-OH is 1. The number of amides is 1. The number of hydrogen-bond donors (Lipinski definition) is 1. The van der Waals surface area contributed by atoms with Gasteiger partial charge in [-0.3, -0.25) is 9.59 Å². The average Bonchev–Trinajstić information content (AvgIpc) is 3.04. The fourth-order valence-corrected chi connectivity index (χ4v) is 3.90. The lowest BCUT2D eigenvalue weighted by Crippen LogP contribution is -2.30. The smallest absolute Gasteiger partial charge is 0.290 e. The van der Waals surface area contributed by atoms with E-state index < -0.39 is 23.5 Å². The summed E-state index contributed by atoms with van der Waals surface area (Å²) in [7, 11) is 0. The van der Waals surface area contributed by atoms with Gasteiger partial charge in [0.15, 0.2) is 11.5 Å². The number of aliphatic hydroxyl groups is 1. The zero-order valence-corrected chi connectivity index (χ0v) is 17.4. The number of carbonyl (C=O) groups is 2. The van der Waals surface area contributed by atoms with Crippen LogP contribution in [0.5, 0.6) is 0 Å². The Bertz CT molecular complexity index is 1170. The minimum atomic E-state index is -0.737. The van der Waals surface area contributed by atoms with Crippen molar-refractivity contribution in [3.63, 3.8) is 0 Å². The van der Waals surface area contributed by atoms with Crippen LogP contribution in [0.25, 0.3) is 6.08 Å². The van der Waals surface area contributed by atoms with Gasteiger partial charge in [-0.05, 0) is 34.9 Å². The SMILES string of the molecule is O=C(/C=C/c1ccccc1)C1=C(O)C(=O)N(Cc2ccccc2)C1c1cccc(Cl)c1. The Morgan fingerprint density at radius 1 is 0.968 bits per heavy atom. The molecule has 5 heteroatoms. The first-order chi connectivity index (χ1) is 15.0. The molecule has 3 aromatic carbocycles. The molecule has 1 aliphatic heterocycles. The maximum atomic E-state index is 13.1. The van der Waals surface area contributed by atoms with Gasteiger partial charge in [-0.1, -0.05) is 90.5 Å². The topological polar surface area (TPSA) is 57.6 Å². The highest BCUT2D eigenvalue weighted by Gasteiger charge is 2.42. The van der Waals surface area contributed by atoms with E-state index in [0.29, 0.717) is 10.6 Å². The van der Waals surface area contributed by atoms with Gasteiger partial charge in [0.05, 0.1) is 11.6 Å². The number of ketones is 1. The minimum absolute atomic E-state index is 0.0513. The quantitative estimate of drug-likeness (QED) is 0.525. The molecule has 1 heterocycles. The molecule has 31 heavy (non-hydrogen) atoms. The van der Waals surface area contributed by atoms with Gasteiger partial charge in [0.25, 0.3) is 5.91 Å². The largest absolute Gasteiger partial charge is 0.503 e. The maximum Gasteiger partial charge on any atom is 0.290 e. The Balaban J connectivity index is 1.73. The molecule has 4 rings (SSSR count). The van der Waals surface area contributed by atoms with E-state index in [1.165, 1.54) is 11.0 Å². The third-order valence-electron chi connectivity index (χ3n) is 5.16. The predicted octanol–water partition coefficient (Wildman–Crippen LogP) is 5.52. The van der Waals surface area contributed by atoms with Gasteiger partial charge in [0.2, 0.25) is 0 Å². The molecule has 0 aliphatic carbocycles. The van der Waals surface area contributed by atoms with E-state index in [1.54, 1.807) is 30.3 Å². The molecule has 1 aliphatic rings. The van der Waals surface area contributed by atoms with E-state index in [-0.39, 0.29) is 12.1 Å². The number of halogens is 1. The monoisotopic (exact) mass is 429 g/mol.